The fraction of sp³-hybridized carbons (Fsp3) is 0.172. The summed E-state index contributed by atoms with van der Waals surface area (Å²) in [7, 11) is 1.57. The predicted octanol–water partition coefficient (Wildman–Crippen LogP) is 6.09. The minimum Gasteiger partial charge on any atom is -0.497 e. The van der Waals surface area contributed by atoms with Gasteiger partial charge in [-0.15, -0.1) is 0 Å². The van der Waals surface area contributed by atoms with Crippen LogP contribution in [0.15, 0.2) is 91.2 Å². The van der Waals surface area contributed by atoms with Gasteiger partial charge in [0, 0.05) is 41.7 Å². The van der Waals surface area contributed by atoms with Crippen LogP contribution in [0.5, 0.6) is 5.75 Å². The molecule has 0 N–H and O–H groups in total. The summed E-state index contributed by atoms with van der Waals surface area (Å²) >= 11 is 0. The third-order valence-electron chi connectivity index (χ3n) is 6.30. The molecule has 0 saturated carbocycles. The lowest BCUT2D eigenvalue weighted by Crippen LogP contribution is -2.21. The number of hydrogen-bond donors (Lipinski definition) is 0. The van der Waals surface area contributed by atoms with Crippen LogP contribution in [-0.4, -0.2) is 20.2 Å². The van der Waals surface area contributed by atoms with E-state index in [1.165, 1.54) is 6.07 Å². The molecule has 6 nitrogen and oxygen atoms in total. The second-order valence-corrected chi connectivity index (χ2v) is 8.26. The van der Waals surface area contributed by atoms with E-state index in [-0.39, 0.29) is 0 Å². The largest absolute Gasteiger partial charge is 0.497 e. The van der Waals surface area contributed by atoms with Crippen LogP contribution in [0.3, 0.4) is 0 Å². The molecule has 0 amide bonds. The zero-order chi connectivity index (χ0) is 24.5. The summed E-state index contributed by atoms with van der Waals surface area (Å²) in [5.74, 6) is 0.616. The van der Waals surface area contributed by atoms with E-state index in [9.17, 15) is 9.59 Å². The molecule has 5 rings (SSSR count). The van der Waals surface area contributed by atoms with Crippen LogP contribution in [-0.2, 0) is 0 Å². The van der Waals surface area contributed by atoms with Crippen molar-refractivity contribution in [1.29, 1.82) is 0 Å². The summed E-state index contributed by atoms with van der Waals surface area (Å²) in [6.07, 6.45) is 0. The number of nitrogens with zero attached hydrogens (tertiary/aromatic N) is 1. The molecule has 0 aliphatic carbocycles. The molecule has 0 aliphatic heterocycles. The maximum Gasteiger partial charge on any atom is 0.344 e. The van der Waals surface area contributed by atoms with Crippen LogP contribution in [0.4, 0.5) is 5.69 Å². The van der Waals surface area contributed by atoms with Gasteiger partial charge < -0.3 is 18.5 Å². The highest BCUT2D eigenvalue weighted by atomic mass is 16.5. The molecule has 6 heteroatoms. The van der Waals surface area contributed by atoms with E-state index in [1.807, 2.05) is 30.3 Å². The van der Waals surface area contributed by atoms with Gasteiger partial charge in [-0.05, 0) is 73.0 Å². The van der Waals surface area contributed by atoms with Gasteiger partial charge in [0.2, 0.25) is 0 Å². The first-order valence-corrected chi connectivity index (χ1v) is 11.6. The van der Waals surface area contributed by atoms with Crippen molar-refractivity contribution in [3.8, 4) is 28.0 Å². The monoisotopic (exact) mass is 467 g/mol. The summed E-state index contributed by atoms with van der Waals surface area (Å²) in [4.78, 5) is 27.4. The number of ether oxygens (including phenoxy) is 1. The fourth-order valence-electron chi connectivity index (χ4n) is 4.43. The summed E-state index contributed by atoms with van der Waals surface area (Å²) < 4.78 is 16.3. The van der Waals surface area contributed by atoms with E-state index >= 15 is 0 Å². The predicted molar refractivity (Wildman–Crippen MR) is 140 cm³/mol. The van der Waals surface area contributed by atoms with Crippen molar-refractivity contribution >= 4 is 27.6 Å². The number of benzene rings is 3. The normalized spacial score (nSPS) is 11.2. The van der Waals surface area contributed by atoms with Gasteiger partial charge in [0.25, 0.3) is 0 Å². The van der Waals surface area contributed by atoms with Crippen molar-refractivity contribution in [3.63, 3.8) is 0 Å². The Labute approximate surface area is 202 Å². The van der Waals surface area contributed by atoms with Crippen molar-refractivity contribution < 1.29 is 13.6 Å². The highest BCUT2D eigenvalue weighted by molar-refractivity contribution is 5.96. The molecule has 0 aliphatic rings. The molecular formula is C29H25NO5. The quantitative estimate of drug-likeness (QED) is 0.282. The van der Waals surface area contributed by atoms with Gasteiger partial charge in [0.1, 0.15) is 16.9 Å². The lowest BCUT2D eigenvalue weighted by atomic mass is 9.98. The van der Waals surface area contributed by atoms with E-state index in [0.717, 1.165) is 40.7 Å². The molecule has 0 bridgehead atoms. The van der Waals surface area contributed by atoms with Gasteiger partial charge in [0.05, 0.1) is 12.7 Å². The van der Waals surface area contributed by atoms with E-state index in [0.29, 0.717) is 28.0 Å². The van der Waals surface area contributed by atoms with Gasteiger partial charge >= 0.3 is 11.3 Å². The molecular weight excluding hydrogens is 442 g/mol. The van der Waals surface area contributed by atoms with E-state index in [4.69, 9.17) is 13.6 Å². The van der Waals surface area contributed by atoms with Gasteiger partial charge in [-0.25, -0.2) is 9.59 Å². The third kappa shape index (κ3) is 4.19. The molecule has 2 aromatic heterocycles. The second-order valence-electron chi connectivity index (χ2n) is 8.26. The highest BCUT2D eigenvalue weighted by Crippen LogP contribution is 2.32. The second kappa shape index (κ2) is 9.14. The molecule has 0 fully saturated rings. The Balaban J connectivity index is 1.65. The van der Waals surface area contributed by atoms with Crippen LogP contribution in [0.2, 0.25) is 0 Å². The Morgan fingerprint density at radius 1 is 0.743 bits per heavy atom. The van der Waals surface area contributed by atoms with Crippen molar-refractivity contribution in [2.24, 2.45) is 0 Å². The van der Waals surface area contributed by atoms with Crippen LogP contribution in [0.25, 0.3) is 44.2 Å². The molecule has 5 aromatic rings. The lowest BCUT2D eigenvalue weighted by molar-refractivity contribution is 0.414. The van der Waals surface area contributed by atoms with Gasteiger partial charge in [-0.2, -0.15) is 0 Å². The van der Waals surface area contributed by atoms with Gasteiger partial charge in [-0.1, -0.05) is 18.2 Å². The number of anilines is 1. The Bertz CT molecular complexity index is 1640. The molecule has 0 spiro atoms. The zero-order valence-corrected chi connectivity index (χ0v) is 19.8. The first-order chi connectivity index (χ1) is 17.0. The molecule has 35 heavy (non-hydrogen) atoms. The maximum atomic E-state index is 12.9. The first-order valence-electron chi connectivity index (χ1n) is 11.6. The molecule has 0 atom stereocenters. The maximum absolute atomic E-state index is 12.9. The zero-order valence-electron chi connectivity index (χ0n) is 19.8. The van der Waals surface area contributed by atoms with Crippen LogP contribution in [0, 0.1) is 0 Å². The average molecular weight is 468 g/mol. The molecule has 0 unspecified atom stereocenters. The Morgan fingerprint density at radius 3 is 2.20 bits per heavy atom. The molecule has 2 heterocycles. The van der Waals surface area contributed by atoms with Crippen molar-refractivity contribution in [2.75, 3.05) is 25.1 Å². The topological polar surface area (TPSA) is 72.9 Å². The number of hydrogen-bond acceptors (Lipinski definition) is 6. The van der Waals surface area contributed by atoms with E-state index < -0.39 is 11.3 Å². The summed E-state index contributed by atoms with van der Waals surface area (Å²) in [6.45, 7) is 6.07. The smallest absolute Gasteiger partial charge is 0.344 e. The van der Waals surface area contributed by atoms with Crippen molar-refractivity contribution in [1.82, 2.24) is 0 Å². The highest BCUT2D eigenvalue weighted by Gasteiger charge is 2.14. The standard InChI is InChI=1S/C29H25NO5/c1-4-30(5-2)21-10-6-18(7-11-21)23-17-28(31)34-26-13-9-19(14-25(23)26)24-15-20-8-12-22(33-3)16-27(20)35-29(24)32/h6-17H,4-5H2,1-3H3. The molecule has 3 aromatic carbocycles. The fourth-order valence-corrected chi connectivity index (χ4v) is 4.43. The summed E-state index contributed by atoms with van der Waals surface area (Å²) in [6, 6.07) is 22.1. The van der Waals surface area contributed by atoms with Crippen molar-refractivity contribution in [3.05, 3.63) is 93.6 Å². The molecule has 0 radical (unpaired) electrons. The van der Waals surface area contributed by atoms with Gasteiger partial charge in [0.15, 0.2) is 0 Å². The average Bonchev–Trinajstić information content (AvgIpc) is 2.88. The van der Waals surface area contributed by atoms with E-state index in [2.05, 4.69) is 30.9 Å². The summed E-state index contributed by atoms with van der Waals surface area (Å²) in [5, 5.41) is 1.53. The lowest BCUT2D eigenvalue weighted by Gasteiger charge is -2.21. The SMILES string of the molecule is CCN(CC)c1ccc(-c2cc(=O)oc3ccc(-c4cc5ccc(OC)cc5oc4=O)cc23)cc1. The minimum atomic E-state index is -0.451. The van der Waals surface area contributed by atoms with E-state index in [1.54, 1.807) is 31.4 Å². The molecule has 176 valence electrons. The molecule has 0 saturated heterocycles. The van der Waals surface area contributed by atoms with Crippen LogP contribution >= 0.6 is 0 Å². The first kappa shape index (κ1) is 22.5. The summed E-state index contributed by atoms with van der Waals surface area (Å²) in [5.41, 5.74) is 3.92. The van der Waals surface area contributed by atoms with Crippen LogP contribution in [0.1, 0.15) is 13.8 Å². The van der Waals surface area contributed by atoms with Crippen molar-refractivity contribution in [2.45, 2.75) is 13.8 Å². The minimum absolute atomic E-state index is 0.424. The Hall–Kier alpha value is -4.32. The number of methoxy groups -OCH3 is 1. The number of fused-ring (bicyclic) bond motifs is 2. The third-order valence-corrected chi connectivity index (χ3v) is 6.30. The Morgan fingerprint density at radius 2 is 1.49 bits per heavy atom. The Kier molecular flexibility index (Phi) is 5.87. The van der Waals surface area contributed by atoms with Crippen LogP contribution < -0.4 is 20.9 Å². The van der Waals surface area contributed by atoms with Gasteiger partial charge in [-0.3, -0.25) is 0 Å². The number of rotatable bonds is 6.